The van der Waals surface area contributed by atoms with Gasteiger partial charge in [0, 0.05) is 18.9 Å². The van der Waals surface area contributed by atoms with Gasteiger partial charge in [0.2, 0.25) is 5.91 Å². The lowest BCUT2D eigenvalue weighted by molar-refractivity contribution is -0.132. The Bertz CT molecular complexity index is 727. The third-order valence-electron chi connectivity index (χ3n) is 4.67. The van der Waals surface area contributed by atoms with Gasteiger partial charge in [-0.15, -0.1) is 0 Å². The van der Waals surface area contributed by atoms with Gasteiger partial charge in [-0.3, -0.25) is 14.6 Å². The fourth-order valence-corrected chi connectivity index (χ4v) is 3.31. The molecule has 25 heavy (non-hydrogen) atoms. The molecule has 0 aliphatic carbocycles. The average Bonchev–Trinajstić information content (AvgIpc) is 2.92. The average molecular weight is 341 g/mol. The summed E-state index contributed by atoms with van der Waals surface area (Å²) in [5, 5.41) is 2.71. The molecular formula is C19H23N3O3. The Balaban J connectivity index is 1.68. The summed E-state index contributed by atoms with van der Waals surface area (Å²) in [5.74, 6) is 0.211. The fourth-order valence-electron chi connectivity index (χ4n) is 3.31. The summed E-state index contributed by atoms with van der Waals surface area (Å²) in [6, 6.07) is 5.58. The Morgan fingerprint density at radius 2 is 2.04 bits per heavy atom. The van der Waals surface area contributed by atoms with E-state index in [0.717, 1.165) is 31.2 Å². The van der Waals surface area contributed by atoms with Crippen LogP contribution in [0.2, 0.25) is 0 Å². The molecule has 0 aromatic carbocycles. The van der Waals surface area contributed by atoms with Crippen LogP contribution in [0.4, 0.5) is 0 Å². The van der Waals surface area contributed by atoms with E-state index < -0.39 is 0 Å². The zero-order valence-electron chi connectivity index (χ0n) is 14.4. The lowest BCUT2D eigenvalue weighted by Gasteiger charge is -2.30. The van der Waals surface area contributed by atoms with E-state index in [4.69, 9.17) is 4.42 Å². The van der Waals surface area contributed by atoms with E-state index in [2.05, 4.69) is 10.3 Å². The van der Waals surface area contributed by atoms with Crippen LogP contribution >= 0.6 is 0 Å². The molecule has 6 heteroatoms. The number of rotatable bonds is 4. The lowest BCUT2D eigenvalue weighted by Crippen LogP contribution is -2.42. The minimum absolute atomic E-state index is 0.00889. The Morgan fingerprint density at radius 1 is 1.24 bits per heavy atom. The molecule has 2 aromatic rings. The summed E-state index contributed by atoms with van der Waals surface area (Å²) in [7, 11) is 0. The van der Waals surface area contributed by atoms with Gasteiger partial charge in [-0.1, -0.05) is 12.8 Å². The van der Waals surface area contributed by atoms with Crippen molar-refractivity contribution in [3.63, 3.8) is 0 Å². The van der Waals surface area contributed by atoms with Gasteiger partial charge < -0.3 is 14.6 Å². The summed E-state index contributed by atoms with van der Waals surface area (Å²) >= 11 is 0. The minimum Gasteiger partial charge on any atom is -0.469 e. The van der Waals surface area contributed by atoms with E-state index >= 15 is 0 Å². The van der Waals surface area contributed by atoms with Crippen molar-refractivity contribution in [3.05, 3.63) is 53.7 Å². The molecule has 1 aliphatic heterocycles. The molecule has 2 amide bonds. The highest BCUT2D eigenvalue weighted by atomic mass is 16.3. The van der Waals surface area contributed by atoms with Gasteiger partial charge >= 0.3 is 0 Å². The maximum absolute atomic E-state index is 12.8. The second-order valence-corrected chi connectivity index (χ2v) is 6.31. The zero-order valence-corrected chi connectivity index (χ0v) is 14.4. The number of nitrogens with one attached hydrogen (secondary N) is 1. The fraction of sp³-hybridized carbons (Fsp3) is 0.421. The molecule has 0 saturated carbocycles. The highest BCUT2D eigenvalue weighted by molar-refractivity contribution is 5.97. The molecule has 1 atom stereocenters. The molecular weight excluding hydrogens is 318 g/mol. The number of aromatic nitrogens is 1. The summed E-state index contributed by atoms with van der Waals surface area (Å²) in [6.07, 6.45) is 9.12. The molecule has 6 nitrogen and oxygen atoms in total. The third-order valence-corrected chi connectivity index (χ3v) is 4.67. The number of amides is 2. The zero-order chi connectivity index (χ0) is 17.6. The first kappa shape index (κ1) is 17.2. The summed E-state index contributed by atoms with van der Waals surface area (Å²) in [5.41, 5.74) is 1.57. The number of pyridine rings is 1. The van der Waals surface area contributed by atoms with Crippen molar-refractivity contribution in [2.75, 3.05) is 13.1 Å². The van der Waals surface area contributed by atoms with Crippen molar-refractivity contribution in [1.29, 1.82) is 0 Å². The third kappa shape index (κ3) is 4.07. The number of likely N-dealkylation sites (tertiary alicyclic amines) is 1. The van der Waals surface area contributed by atoms with Crippen molar-refractivity contribution in [2.24, 2.45) is 0 Å². The van der Waals surface area contributed by atoms with E-state index in [1.165, 1.54) is 6.26 Å². The highest BCUT2D eigenvalue weighted by Gasteiger charge is 2.27. The standard InChI is InChI=1S/C19H23N3O3/c1-14-16(8-12-25-14)19(24)21-13-18(23)22-11-4-2-3-5-17(22)15-6-9-20-10-7-15/h6-10,12,17H,2-5,11,13H2,1H3,(H,21,24)/t17-/m1/s1. The molecule has 0 bridgehead atoms. The summed E-state index contributed by atoms with van der Waals surface area (Å²) < 4.78 is 5.14. The van der Waals surface area contributed by atoms with Crippen LogP contribution in [-0.2, 0) is 4.79 Å². The van der Waals surface area contributed by atoms with E-state index in [0.29, 0.717) is 17.9 Å². The number of aryl methyl sites for hydroxylation is 1. The first-order valence-corrected chi connectivity index (χ1v) is 8.68. The molecule has 132 valence electrons. The maximum atomic E-state index is 12.8. The molecule has 0 radical (unpaired) electrons. The number of nitrogens with zero attached hydrogens (tertiary/aromatic N) is 2. The van der Waals surface area contributed by atoms with Crippen LogP contribution < -0.4 is 5.32 Å². The van der Waals surface area contributed by atoms with Gasteiger partial charge in [0.1, 0.15) is 5.76 Å². The van der Waals surface area contributed by atoms with E-state index in [9.17, 15) is 9.59 Å². The maximum Gasteiger partial charge on any atom is 0.255 e. The first-order chi connectivity index (χ1) is 12.2. The highest BCUT2D eigenvalue weighted by Crippen LogP contribution is 2.29. The SMILES string of the molecule is Cc1occc1C(=O)NCC(=O)N1CCCCC[C@@H]1c1ccncc1. The predicted molar refractivity (Wildman–Crippen MR) is 92.9 cm³/mol. The van der Waals surface area contributed by atoms with Crippen LogP contribution in [0, 0.1) is 6.92 Å². The normalized spacial score (nSPS) is 17.8. The number of carbonyl (C=O) groups excluding carboxylic acids is 2. The Labute approximate surface area is 147 Å². The van der Waals surface area contributed by atoms with Crippen LogP contribution in [0.5, 0.6) is 0 Å². The van der Waals surface area contributed by atoms with Crippen LogP contribution in [0.1, 0.15) is 53.4 Å². The molecule has 1 fully saturated rings. The predicted octanol–water partition coefficient (Wildman–Crippen LogP) is 2.86. The van der Waals surface area contributed by atoms with Crippen molar-refractivity contribution in [1.82, 2.24) is 15.2 Å². The number of hydrogen-bond donors (Lipinski definition) is 1. The van der Waals surface area contributed by atoms with Gasteiger partial charge in [-0.2, -0.15) is 0 Å². The monoisotopic (exact) mass is 341 g/mol. The molecule has 1 saturated heterocycles. The van der Waals surface area contributed by atoms with E-state index in [1.54, 1.807) is 25.4 Å². The molecule has 3 rings (SSSR count). The van der Waals surface area contributed by atoms with Gasteiger partial charge in [0.15, 0.2) is 0 Å². The molecule has 0 spiro atoms. The number of hydrogen-bond acceptors (Lipinski definition) is 4. The molecule has 2 aromatic heterocycles. The van der Waals surface area contributed by atoms with Crippen molar-refractivity contribution >= 4 is 11.8 Å². The van der Waals surface area contributed by atoms with Crippen LogP contribution in [0.25, 0.3) is 0 Å². The lowest BCUT2D eigenvalue weighted by atomic mass is 10.0. The van der Waals surface area contributed by atoms with Crippen LogP contribution in [0.15, 0.2) is 41.3 Å². The van der Waals surface area contributed by atoms with Gasteiger partial charge in [0.25, 0.3) is 5.91 Å². The molecule has 1 aliphatic rings. The second kappa shape index (κ2) is 7.96. The van der Waals surface area contributed by atoms with E-state index in [1.807, 2.05) is 17.0 Å². The smallest absolute Gasteiger partial charge is 0.255 e. The minimum atomic E-state index is -0.283. The van der Waals surface area contributed by atoms with Gasteiger partial charge in [-0.25, -0.2) is 0 Å². The Morgan fingerprint density at radius 3 is 2.76 bits per heavy atom. The number of furan rings is 1. The largest absolute Gasteiger partial charge is 0.469 e. The van der Waals surface area contributed by atoms with E-state index in [-0.39, 0.29) is 24.4 Å². The second-order valence-electron chi connectivity index (χ2n) is 6.31. The quantitative estimate of drug-likeness (QED) is 0.928. The van der Waals surface area contributed by atoms with Crippen LogP contribution in [-0.4, -0.2) is 34.8 Å². The van der Waals surface area contributed by atoms with Gasteiger partial charge in [-0.05, 0) is 43.5 Å². The number of carbonyl (C=O) groups is 2. The molecule has 1 N–H and O–H groups in total. The van der Waals surface area contributed by atoms with Gasteiger partial charge in [0.05, 0.1) is 24.4 Å². The molecule has 0 unspecified atom stereocenters. The first-order valence-electron chi connectivity index (χ1n) is 8.68. The van der Waals surface area contributed by atoms with Crippen LogP contribution in [0.3, 0.4) is 0 Å². The summed E-state index contributed by atoms with van der Waals surface area (Å²) in [6.45, 7) is 2.43. The topological polar surface area (TPSA) is 75.4 Å². The van der Waals surface area contributed by atoms with Crippen molar-refractivity contribution in [3.8, 4) is 0 Å². The van der Waals surface area contributed by atoms with Crippen molar-refractivity contribution < 1.29 is 14.0 Å². The summed E-state index contributed by atoms with van der Waals surface area (Å²) in [4.78, 5) is 30.9. The Hall–Kier alpha value is -2.63. The molecule has 3 heterocycles. The Kier molecular flexibility index (Phi) is 5.48. The van der Waals surface area contributed by atoms with Crippen molar-refractivity contribution in [2.45, 2.75) is 38.6 Å².